The number of rotatable bonds is 13. The standard InChI is InChI=1S/C30H41P/c1-3-5-7-18-26-31(27-19-8-6-4-2,28-20-12-9-13-21-28,29-22-14-10-15-23-29)30-24-16-11-17-25-30/h9-17,20-25H,3-8,18-19,26-27H2,1-2H3. The third kappa shape index (κ3) is 4.96. The van der Waals surface area contributed by atoms with Crippen LogP contribution < -0.4 is 15.9 Å². The predicted molar refractivity (Wildman–Crippen MR) is 143 cm³/mol. The van der Waals surface area contributed by atoms with E-state index in [-0.39, 0.29) is 0 Å². The van der Waals surface area contributed by atoms with Crippen molar-refractivity contribution in [2.45, 2.75) is 65.2 Å². The van der Waals surface area contributed by atoms with Crippen LogP contribution in [0, 0.1) is 0 Å². The zero-order valence-electron chi connectivity index (χ0n) is 19.7. The molecular formula is C30H41P. The SMILES string of the molecule is CCCCCCP(CCCCCC)(c1ccccc1)(c1ccccc1)c1ccccc1. The minimum absolute atomic E-state index is 1.29. The third-order valence-electron chi connectivity index (χ3n) is 7.15. The first kappa shape index (κ1) is 23.7. The van der Waals surface area contributed by atoms with Gasteiger partial charge in [-0.15, -0.1) is 0 Å². The van der Waals surface area contributed by atoms with Crippen LogP contribution in [0.3, 0.4) is 0 Å². The molecule has 0 amide bonds. The number of unbranched alkanes of at least 4 members (excludes halogenated alkanes) is 6. The van der Waals surface area contributed by atoms with Gasteiger partial charge in [0, 0.05) is 0 Å². The van der Waals surface area contributed by atoms with Crippen molar-refractivity contribution in [3.63, 3.8) is 0 Å². The average Bonchev–Trinajstić information content (AvgIpc) is 2.85. The van der Waals surface area contributed by atoms with E-state index in [1.54, 1.807) is 15.9 Å². The summed E-state index contributed by atoms with van der Waals surface area (Å²) in [7, 11) is 0. The van der Waals surface area contributed by atoms with Crippen LogP contribution in [0.25, 0.3) is 0 Å². The van der Waals surface area contributed by atoms with Crippen LogP contribution in [0.15, 0.2) is 91.0 Å². The molecule has 0 fully saturated rings. The zero-order chi connectivity index (χ0) is 21.9. The molecule has 0 bridgehead atoms. The molecule has 0 unspecified atom stereocenters. The summed E-state index contributed by atoms with van der Waals surface area (Å²) in [5.41, 5.74) is 0. The summed E-state index contributed by atoms with van der Waals surface area (Å²) in [5.74, 6) is 0. The molecule has 0 aromatic heterocycles. The molecule has 0 saturated heterocycles. The van der Waals surface area contributed by atoms with Gasteiger partial charge in [0.05, 0.1) is 0 Å². The second kappa shape index (κ2) is 11.6. The minimum atomic E-state index is -2.59. The molecule has 166 valence electrons. The van der Waals surface area contributed by atoms with Crippen molar-refractivity contribution >= 4 is 22.5 Å². The van der Waals surface area contributed by atoms with E-state index in [0.29, 0.717) is 0 Å². The Labute approximate surface area is 191 Å². The summed E-state index contributed by atoms with van der Waals surface area (Å²) >= 11 is 0. The Hall–Kier alpha value is -1.91. The van der Waals surface area contributed by atoms with Gasteiger partial charge in [-0.3, -0.25) is 0 Å². The predicted octanol–water partition coefficient (Wildman–Crippen LogP) is 7.68. The van der Waals surface area contributed by atoms with E-state index in [1.807, 2.05) is 0 Å². The first-order valence-electron chi connectivity index (χ1n) is 12.4. The molecule has 0 nitrogen and oxygen atoms in total. The molecule has 1 heteroatoms. The molecule has 0 aliphatic carbocycles. The Kier molecular flexibility index (Phi) is 8.91. The summed E-state index contributed by atoms with van der Waals surface area (Å²) in [6, 6.07) is 34.8. The molecule has 0 aliphatic heterocycles. The van der Waals surface area contributed by atoms with Crippen LogP contribution in [0.5, 0.6) is 0 Å². The van der Waals surface area contributed by atoms with Crippen LogP contribution >= 0.6 is 6.60 Å². The van der Waals surface area contributed by atoms with Gasteiger partial charge >= 0.3 is 191 Å². The Morgan fingerprint density at radius 3 is 1.03 bits per heavy atom. The van der Waals surface area contributed by atoms with Crippen LogP contribution in [-0.4, -0.2) is 12.3 Å². The van der Waals surface area contributed by atoms with Gasteiger partial charge in [-0.25, -0.2) is 0 Å². The van der Waals surface area contributed by atoms with Gasteiger partial charge in [0.25, 0.3) is 0 Å². The molecular weight excluding hydrogens is 391 g/mol. The fourth-order valence-electron chi connectivity index (χ4n) is 5.47. The zero-order valence-corrected chi connectivity index (χ0v) is 20.6. The number of benzene rings is 3. The van der Waals surface area contributed by atoms with E-state index >= 15 is 0 Å². The summed E-state index contributed by atoms with van der Waals surface area (Å²) in [4.78, 5) is 0. The van der Waals surface area contributed by atoms with Crippen molar-refractivity contribution < 1.29 is 0 Å². The first-order valence-corrected chi connectivity index (χ1v) is 15.1. The molecule has 3 aromatic carbocycles. The molecule has 0 atom stereocenters. The fraction of sp³-hybridized carbons (Fsp3) is 0.400. The van der Waals surface area contributed by atoms with Crippen LogP contribution in [0.2, 0.25) is 0 Å². The molecule has 3 rings (SSSR count). The molecule has 0 N–H and O–H groups in total. The monoisotopic (exact) mass is 432 g/mol. The second-order valence-electron chi connectivity index (χ2n) is 9.08. The summed E-state index contributed by atoms with van der Waals surface area (Å²) < 4.78 is 0. The average molecular weight is 433 g/mol. The van der Waals surface area contributed by atoms with Crippen molar-refractivity contribution in [2.75, 3.05) is 12.3 Å². The van der Waals surface area contributed by atoms with E-state index in [9.17, 15) is 0 Å². The Balaban J connectivity index is 2.27. The van der Waals surface area contributed by atoms with Gasteiger partial charge in [0.15, 0.2) is 0 Å². The van der Waals surface area contributed by atoms with Crippen LogP contribution in [0.4, 0.5) is 0 Å². The molecule has 0 spiro atoms. The summed E-state index contributed by atoms with van der Waals surface area (Å²) in [6.07, 6.45) is 13.1. The maximum absolute atomic E-state index is 2.59. The van der Waals surface area contributed by atoms with Crippen molar-refractivity contribution in [3.8, 4) is 0 Å². The van der Waals surface area contributed by atoms with Crippen LogP contribution in [-0.2, 0) is 0 Å². The first-order chi connectivity index (χ1) is 15.3. The molecule has 0 radical (unpaired) electrons. The van der Waals surface area contributed by atoms with Crippen molar-refractivity contribution in [1.29, 1.82) is 0 Å². The van der Waals surface area contributed by atoms with Crippen molar-refractivity contribution in [2.24, 2.45) is 0 Å². The Bertz CT molecular complexity index is 755. The van der Waals surface area contributed by atoms with E-state index in [2.05, 4.69) is 105 Å². The van der Waals surface area contributed by atoms with Gasteiger partial charge < -0.3 is 0 Å². The van der Waals surface area contributed by atoms with Crippen molar-refractivity contribution in [3.05, 3.63) is 91.0 Å². The number of hydrogen-bond donors (Lipinski definition) is 0. The van der Waals surface area contributed by atoms with Gasteiger partial charge in [0.1, 0.15) is 0 Å². The normalized spacial score (nSPS) is 12.9. The summed E-state index contributed by atoms with van der Waals surface area (Å²) in [5, 5.41) is 4.75. The molecule has 3 aromatic rings. The maximum atomic E-state index is 2.44. The molecule has 0 saturated carbocycles. The van der Waals surface area contributed by atoms with Gasteiger partial charge in [-0.05, 0) is 0 Å². The second-order valence-corrected chi connectivity index (χ2v) is 14.5. The van der Waals surface area contributed by atoms with E-state index in [1.165, 1.54) is 63.7 Å². The van der Waals surface area contributed by atoms with Crippen LogP contribution in [0.1, 0.15) is 65.2 Å². The Morgan fingerprint density at radius 1 is 0.419 bits per heavy atom. The van der Waals surface area contributed by atoms with Crippen molar-refractivity contribution in [1.82, 2.24) is 0 Å². The number of hydrogen-bond acceptors (Lipinski definition) is 0. The van der Waals surface area contributed by atoms with E-state index in [0.717, 1.165) is 0 Å². The molecule has 31 heavy (non-hydrogen) atoms. The fourth-order valence-corrected chi connectivity index (χ4v) is 12.7. The van der Waals surface area contributed by atoms with Gasteiger partial charge in [-0.2, -0.15) is 0 Å². The van der Waals surface area contributed by atoms with Gasteiger partial charge in [-0.1, -0.05) is 0 Å². The van der Waals surface area contributed by atoms with E-state index in [4.69, 9.17) is 0 Å². The molecule has 0 heterocycles. The third-order valence-corrected chi connectivity index (χ3v) is 14.4. The quantitative estimate of drug-likeness (QED) is 0.192. The van der Waals surface area contributed by atoms with Gasteiger partial charge in [0.2, 0.25) is 0 Å². The van der Waals surface area contributed by atoms with E-state index < -0.39 is 6.60 Å². The molecule has 0 aliphatic rings. The topological polar surface area (TPSA) is 0 Å². The Morgan fingerprint density at radius 2 is 0.742 bits per heavy atom. The summed E-state index contributed by atoms with van der Waals surface area (Å²) in [6.45, 7) is 2.04.